The van der Waals surface area contributed by atoms with Crippen LogP contribution in [0.25, 0.3) is 22.2 Å². The summed E-state index contributed by atoms with van der Waals surface area (Å²) in [6.45, 7) is 2.15. The number of thiazole rings is 1. The molecule has 0 aliphatic carbocycles. The van der Waals surface area contributed by atoms with E-state index < -0.39 is 0 Å². The fourth-order valence-corrected chi connectivity index (χ4v) is 4.68. The summed E-state index contributed by atoms with van der Waals surface area (Å²) in [5.74, 6) is 1.88. The van der Waals surface area contributed by atoms with E-state index in [1.54, 1.807) is 36.8 Å². The van der Waals surface area contributed by atoms with E-state index in [4.69, 9.17) is 9.15 Å². The second-order valence-electron chi connectivity index (χ2n) is 7.11. The van der Waals surface area contributed by atoms with Crippen molar-refractivity contribution < 1.29 is 9.15 Å². The van der Waals surface area contributed by atoms with Crippen molar-refractivity contribution in [2.75, 3.05) is 13.7 Å². The highest BCUT2D eigenvalue weighted by Crippen LogP contribution is 2.33. The number of hydrogen-bond acceptors (Lipinski definition) is 7. The molecule has 0 fully saturated rings. The van der Waals surface area contributed by atoms with Crippen LogP contribution in [-0.2, 0) is 19.5 Å². The average molecular weight is 420 g/mol. The standard InChI is InChI=1S/C22H20N4O3S/c1-28-18-6-3-2-5-15(18)22-23-11-14(30-22)12-26-9-8-17-16(13-26)21(27)25-20(24-17)19-7-4-10-29-19/h2-7,10-11H,8-9,12-13H2,1H3,(H,24,25,27). The average Bonchev–Trinajstić information content (AvgIpc) is 3.46. The van der Waals surface area contributed by atoms with E-state index >= 15 is 0 Å². The Morgan fingerprint density at radius 3 is 3.00 bits per heavy atom. The van der Waals surface area contributed by atoms with Gasteiger partial charge in [0.25, 0.3) is 5.56 Å². The molecule has 0 atom stereocenters. The topological polar surface area (TPSA) is 84.2 Å². The number of nitrogens with one attached hydrogen (secondary N) is 1. The Labute approximate surface area is 177 Å². The van der Waals surface area contributed by atoms with Crippen LogP contribution in [0.3, 0.4) is 0 Å². The second-order valence-corrected chi connectivity index (χ2v) is 8.22. The van der Waals surface area contributed by atoms with Gasteiger partial charge in [0.05, 0.1) is 30.2 Å². The Morgan fingerprint density at radius 1 is 1.27 bits per heavy atom. The zero-order valence-electron chi connectivity index (χ0n) is 16.4. The van der Waals surface area contributed by atoms with E-state index in [9.17, 15) is 4.79 Å². The van der Waals surface area contributed by atoms with Crippen LogP contribution in [0, 0.1) is 0 Å². The molecule has 152 valence electrons. The van der Waals surface area contributed by atoms with E-state index in [0.29, 0.717) is 18.1 Å². The van der Waals surface area contributed by atoms with Gasteiger partial charge in [0.2, 0.25) is 0 Å². The van der Waals surface area contributed by atoms with Crippen molar-refractivity contribution in [1.82, 2.24) is 19.9 Å². The molecule has 0 spiro atoms. The molecule has 0 saturated carbocycles. The summed E-state index contributed by atoms with van der Waals surface area (Å²) in [5, 5.41) is 0.933. The van der Waals surface area contributed by atoms with Gasteiger partial charge in [0, 0.05) is 37.1 Å². The molecule has 4 aromatic rings. The van der Waals surface area contributed by atoms with Crippen molar-refractivity contribution in [2.45, 2.75) is 19.5 Å². The number of hydrogen-bond donors (Lipinski definition) is 1. The minimum absolute atomic E-state index is 0.102. The predicted molar refractivity (Wildman–Crippen MR) is 114 cm³/mol. The normalized spacial score (nSPS) is 13.9. The van der Waals surface area contributed by atoms with Crippen molar-refractivity contribution >= 4 is 11.3 Å². The molecule has 0 radical (unpaired) electrons. The number of nitrogens with zero attached hydrogens (tertiary/aromatic N) is 3. The van der Waals surface area contributed by atoms with Gasteiger partial charge in [-0.25, -0.2) is 9.97 Å². The fourth-order valence-electron chi connectivity index (χ4n) is 3.69. The Hall–Kier alpha value is -3.23. The molecule has 30 heavy (non-hydrogen) atoms. The summed E-state index contributed by atoms with van der Waals surface area (Å²) < 4.78 is 10.8. The number of furan rings is 1. The van der Waals surface area contributed by atoms with Crippen molar-refractivity contribution in [2.24, 2.45) is 0 Å². The summed E-state index contributed by atoms with van der Waals surface area (Å²) >= 11 is 1.65. The van der Waals surface area contributed by atoms with Crippen LogP contribution in [0.4, 0.5) is 0 Å². The van der Waals surface area contributed by atoms with Crippen molar-refractivity contribution in [3.63, 3.8) is 0 Å². The molecule has 1 aliphatic rings. The van der Waals surface area contributed by atoms with Gasteiger partial charge < -0.3 is 14.1 Å². The summed E-state index contributed by atoms with van der Waals surface area (Å²) in [5.41, 5.74) is 2.47. The number of H-pyrrole nitrogens is 1. The maximum absolute atomic E-state index is 12.7. The predicted octanol–water partition coefficient (Wildman–Crippen LogP) is 3.72. The molecular weight excluding hydrogens is 400 g/mol. The second kappa shape index (κ2) is 7.89. The van der Waals surface area contributed by atoms with Gasteiger partial charge in [-0.3, -0.25) is 9.69 Å². The van der Waals surface area contributed by atoms with Gasteiger partial charge in [-0.15, -0.1) is 11.3 Å². The molecule has 1 N–H and O–H groups in total. The number of methoxy groups -OCH3 is 1. The first kappa shape index (κ1) is 18.8. The third-order valence-corrected chi connectivity index (χ3v) is 6.19. The molecule has 0 saturated heterocycles. The SMILES string of the molecule is COc1ccccc1-c1ncc(CN2CCc3nc(-c4ccco4)[nH]c(=O)c3C2)s1. The Balaban J connectivity index is 1.34. The molecule has 4 heterocycles. The lowest BCUT2D eigenvalue weighted by atomic mass is 10.1. The zero-order chi connectivity index (χ0) is 20.5. The van der Waals surface area contributed by atoms with E-state index in [1.165, 1.54) is 0 Å². The van der Waals surface area contributed by atoms with Gasteiger partial charge in [0.1, 0.15) is 10.8 Å². The molecule has 0 unspecified atom stereocenters. The van der Waals surface area contributed by atoms with Crippen LogP contribution in [-0.4, -0.2) is 33.5 Å². The van der Waals surface area contributed by atoms with Crippen LogP contribution in [0.5, 0.6) is 5.75 Å². The van der Waals surface area contributed by atoms with Crippen LogP contribution >= 0.6 is 11.3 Å². The quantitative estimate of drug-likeness (QED) is 0.530. The van der Waals surface area contributed by atoms with Crippen LogP contribution in [0.2, 0.25) is 0 Å². The fraction of sp³-hybridized carbons (Fsp3) is 0.227. The lowest BCUT2D eigenvalue weighted by Crippen LogP contribution is -2.35. The molecule has 7 nitrogen and oxygen atoms in total. The highest BCUT2D eigenvalue weighted by atomic mass is 32.1. The monoisotopic (exact) mass is 420 g/mol. The van der Waals surface area contributed by atoms with E-state index in [2.05, 4.69) is 19.9 Å². The molecule has 1 aromatic carbocycles. The van der Waals surface area contributed by atoms with Crippen molar-refractivity contribution in [3.05, 3.63) is 75.3 Å². The van der Waals surface area contributed by atoms with Gasteiger partial charge in [-0.2, -0.15) is 0 Å². The Kier molecular flexibility index (Phi) is 4.94. The van der Waals surface area contributed by atoms with E-state index in [0.717, 1.165) is 52.0 Å². The van der Waals surface area contributed by atoms with Gasteiger partial charge in [-0.05, 0) is 24.3 Å². The van der Waals surface area contributed by atoms with Gasteiger partial charge >= 0.3 is 0 Å². The van der Waals surface area contributed by atoms with E-state index in [1.807, 2.05) is 30.5 Å². The number of benzene rings is 1. The van der Waals surface area contributed by atoms with Crippen molar-refractivity contribution in [1.29, 1.82) is 0 Å². The third kappa shape index (κ3) is 3.55. The Bertz CT molecular complexity index is 1230. The first-order valence-corrected chi connectivity index (χ1v) is 10.5. The van der Waals surface area contributed by atoms with Gasteiger partial charge in [-0.1, -0.05) is 12.1 Å². The van der Waals surface area contributed by atoms with Crippen molar-refractivity contribution in [3.8, 4) is 27.9 Å². The smallest absolute Gasteiger partial charge is 0.256 e. The minimum Gasteiger partial charge on any atom is -0.496 e. The summed E-state index contributed by atoms with van der Waals surface area (Å²) in [4.78, 5) is 28.1. The molecule has 8 heteroatoms. The summed E-state index contributed by atoms with van der Waals surface area (Å²) in [6, 6.07) is 11.5. The molecule has 0 amide bonds. The van der Waals surface area contributed by atoms with E-state index in [-0.39, 0.29) is 5.56 Å². The maximum Gasteiger partial charge on any atom is 0.256 e. The first-order chi connectivity index (χ1) is 14.7. The van der Waals surface area contributed by atoms with Crippen LogP contribution in [0.1, 0.15) is 16.1 Å². The highest BCUT2D eigenvalue weighted by Gasteiger charge is 2.23. The molecule has 1 aliphatic heterocycles. The lowest BCUT2D eigenvalue weighted by Gasteiger charge is -2.26. The van der Waals surface area contributed by atoms with Gasteiger partial charge in [0.15, 0.2) is 11.6 Å². The lowest BCUT2D eigenvalue weighted by molar-refractivity contribution is 0.244. The third-order valence-electron chi connectivity index (χ3n) is 5.17. The number of rotatable bonds is 5. The largest absolute Gasteiger partial charge is 0.496 e. The number of ether oxygens (including phenoxy) is 1. The minimum atomic E-state index is -0.102. The number of aromatic amines is 1. The molecule has 3 aromatic heterocycles. The van der Waals surface area contributed by atoms with Crippen LogP contribution in [0.15, 0.2) is 58.1 Å². The van der Waals surface area contributed by atoms with Crippen LogP contribution < -0.4 is 10.3 Å². The number of para-hydroxylation sites is 1. The molecular formula is C22H20N4O3S. The zero-order valence-corrected chi connectivity index (χ0v) is 17.2. The summed E-state index contributed by atoms with van der Waals surface area (Å²) in [6.07, 6.45) is 4.21. The molecule has 5 rings (SSSR count). The Morgan fingerprint density at radius 2 is 2.17 bits per heavy atom. The summed E-state index contributed by atoms with van der Waals surface area (Å²) in [7, 11) is 1.67. The number of fused-ring (bicyclic) bond motifs is 1. The molecule has 0 bridgehead atoms. The first-order valence-electron chi connectivity index (χ1n) is 9.67. The highest BCUT2D eigenvalue weighted by molar-refractivity contribution is 7.15. The maximum atomic E-state index is 12.7. The number of aromatic nitrogens is 3.